The van der Waals surface area contributed by atoms with Gasteiger partial charge in [-0.25, -0.2) is 0 Å². The van der Waals surface area contributed by atoms with Gasteiger partial charge in [-0.15, -0.1) is 0 Å². The van der Waals surface area contributed by atoms with Gasteiger partial charge in [-0.1, -0.05) is 7.43 Å². The molecule has 0 heterocycles. The summed E-state index contributed by atoms with van der Waals surface area (Å²) < 4.78 is 16.7. The van der Waals surface area contributed by atoms with E-state index in [-0.39, 0.29) is 7.43 Å². The molecule has 0 aromatic rings. The molecule has 0 spiro atoms. The van der Waals surface area contributed by atoms with Crippen LogP contribution in [0.3, 0.4) is 0 Å². The molecule has 6 heteroatoms. The highest BCUT2D eigenvalue weighted by Crippen LogP contribution is 2.26. The van der Waals surface area contributed by atoms with Crippen molar-refractivity contribution in [3.8, 4) is 0 Å². The van der Waals surface area contributed by atoms with Crippen molar-refractivity contribution < 1.29 is 12.7 Å². The maximum Gasteiger partial charge on any atom is 0.734 e. The third-order valence-electron chi connectivity index (χ3n) is 0.113. The zero-order valence-electron chi connectivity index (χ0n) is 2.43. The maximum absolute atomic E-state index is 9.62. The standard InChI is InChI=1S/CH4.Cl2O3P/c;1-4-6(3)5-2/h1H4;/q;+1. The van der Waals surface area contributed by atoms with Gasteiger partial charge in [0.1, 0.15) is 23.7 Å². The molecule has 0 saturated carbocycles. The van der Waals surface area contributed by atoms with Gasteiger partial charge < -0.3 is 0 Å². The minimum absolute atomic E-state index is 0. The lowest BCUT2D eigenvalue weighted by Crippen LogP contribution is -1.51. The van der Waals surface area contributed by atoms with Gasteiger partial charge in [0, 0.05) is 12.7 Å². The lowest BCUT2D eigenvalue weighted by molar-refractivity contribution is 0.447. The quantitative estimate of drug-likeness (QED) is 0.591. The number of rotatable bonds is 2. The van der Waals surface area contributed by atoms with Crippen LogP contribution in [0.25, 0.3) is 0 Å². The van der Waals surface area contributed by atoms with Crippen LogP contribution in [0.15, 0.2) is 0 Å². The van der Waals surface area contributed by atoms with Crippen molar-refractivity contribution in [1.82, 2.24) is 0 Å². The Balaban J connectivity index is 0. The summed E-state index contributed by atoms with van der Waals surface area (Å²) in [6.45, 7) is 0. The van der Waals surface area contributed by atoms with E-state index in [9.17, 15) is 4.57 Å². The van der Waals surface area contributed by atoms with E-state index in [1.54, 1.807) is 0 Å². The Kier molecular flexibility index (Phi) is 9.95. The monoisotopic (exact) mass is 165 g/mol. The topological polar surface area (TPSA) is 35.5 Å². The second-order valence-electron chi connectivity index (χ2n) is 0.362. The predicted octanol–water partition coefficient (Wildman–Crippen LogP) is 2.62. The fourth-order valence-corrected chi connectivity index (χ4v) is 0.287. The van der Waals surface area contributed by atoms with Crippen molar-refractivity contribution >= 4 is 32.0 Å². The summed E-state index contributed by atoms with van der Waals surface area (Å²) in [6, 6.07) is 0. The van der Waals surface area contributed by atoms with E-state index in [1.807, 2.05) is 0 Å². The molecular formula is CH4Cl2O3P+. The predicted molar refractivity (Wildman–Crippen MR) is 28.2 cm³/mol. The van der Waals surface area contributed by atoms with Crippen LogP contribution in [-0.4, -0.2) is 0 Å². The Morgan fingerprint density at radius 1 is 1.29 bits per heavy atom. The van der Waals surface area contributed by atoms with Gasteiger partial charge in [-0.3, -0.25) is 0 Å². The minimum Gasteiger partial charge on any atom is -0.0776 e. The molecule has 0 aliphatic rings. The Morgan fingerprint density at radius 3 is 1.57 bits per heavy atom. The van der Waals surface area contributed by atoms with E-state index >= 15 is 0 Å². The van der Waals surface area contributed by atoms with Gasteiger partial charge in [0.25, 0.3) is 0 Å². The molecule has 0 fully saturated rings. The third kappa shape index (κ3) is 6.60. The minimum atomic E-state index is -2.30. The van der Waals surface area contributed by atoms with Crippen molar-refractivity contribution in [2.24, 2.45) is 0 Å². The average Bonchev–Trinajstić information content (AvgIpc) is 1.65. The normalized spacial score (nSPS) is 7.14. The van der Waals surface area contributed by atoms with E-state index in [0.29, 0.717) is 0 Å². The fraction of sp³-hybridized carbons (Fsp3) is 1.00. The fourth-order valence-electron chi connectivity index (χ4n) is 0.0106. The largest absolute Gasteiger partial charge is 0.734 e. The Hall–Kier alpha value is 0.600. The van der Waals surface area contributed by atoms with E-state index < -0.39 is 8.25 Å². The highest BCUT2D eigenvalue weighted by molar-refractivity contribution is 7.35. The van der Waals surface area contributed by atoms with Crippen molar-refractivity contribution in [3.05, 3.63) is 0 Å². The van der Waals surface area contributed by atoms with Gasteiger partial charge in [0.05, 0.1) is 0 Å². The maximum atomic E-state index is 9.62. The SMILES string of the molecule is C.O=[P+](OCl)OCl. The molecule has 3 nitrogen and oxygen atoms in total. The molecular weight excluding hydrogens is 162 g/mol. The van der Waals surface area contributed by atoms with Crippen molar-refractivity contribution in [2.75, 3.05) is 0 Å². The van der Waals surface area contributed by atoms with Gasteiger partial charge in [-0.2, -0.15) is 0 Å². The summed E-state index contributed by atoms with van der Waals surface area (Å²) >= 11 is 8.92. The molecule has 0 amide bonds. The molecule has 0 N–H and O–H groups in total. The highest BCUT2D eigenvalue weighted by Gasteiger charge is 2.17. The number of hydrogen-bond donors (Lipinski definition) is 0. The van der Waals surface area contributed by atoms with Crippen LogP contribution in [0.4, 0.5) is 0 Å². The summed E-state index contributed by atoms with van der Waals surface area (Å²) in [5.41, 5.74) is 0. The van der Waals surface area contributed by atoms with Crippen LogP contribution in [0.2, 0.25) is 0 Å². The molecule has 0 aliphatic carbocycles. The summed E-state index contributed by atoms with van der Waals surface area (Å²) in [4.78, 5) is 0. The van der Waals surface area contributed by atoms with Gasteiger partial charge in [0.2, 0.25) is 0 Å². The van der Waals surface area contributed by atoms with Crippen molar-refractivity contribution in [2.45, 2.75) is 7.43 Å². The van der Waals surface area contributed by atoms with Gasteiger partial charge >= 0.3 is 8.25 Å². The van der Waals surface area contributed by atoms with Crippen LogP contribution in [-0.2, 0) is 12.7 Å². The van der Waals surface area contributed by atoms with Crippen LogP contribution in [0.1, 0.15) is 7.43 Å². The van der Waals surface area contributed by atoms with E-state index in [1.165, 1.54) is 0 Å². The molecule has 0 aliphatic heterocycles. The average molecular weight is 166 g/mol. The van der Waals surface area contributed by atoms with Crippen molar-refractivity contribution in [1.29, 1.82) is 0 Å². The zero-order chi connectivity index (χ0) is 4.99. The first-order valence-corrected chi connectivity index (χ1v) is 2.57. The van der Waals surface area contributed by atoms with Crippen LogP contribution < -0.4 is 0 Å². The molecule has 0 rings (SSSR count). The second kappa shape index (κ2) is 6.60. The first-order chi connectivity index (χ1) is 2.81. The Morgan fingerprint density at radius 2 is 1.57 bits per heavy atom. The molecule has 0 radical (unpaired) electrons. The Labute approximate surface area is 52.8 Å². The summed E-state index contributed by atoms with van der Waals surface area (Å²) in [5, 5.41) is 0. The van der Waals surface area contributed by atoms with Crippen LogP contribution in [0.5, 0.6) is 0 Å². The van der Waals surface area contributed by atoms with Crippen molar-refractivity contribution in [3.63, 3.8) is 0 Å². The lowest BCUT2D eigenvalue weighted by atomic mass is 12.0. The molecule has 0 aromatic carbocycles. The van der Waals surface area contributed by atoms with E-state index in [2.05, 4.69) is 31.9 Å². The molecule has 0 unspecified atom stereocenters. The molecule has 44 valence electrons. The summed E-state index contributed by atoms with van der Waals surface area (Å²) in [5.74, 6) is 0. The molecule has 0 bridgehead atoms. The molecule has 7 heavy (non-hydrogen) atoms. The highest BCUT2D eigenvalue weighted by atomic mass is 35.5. The zero-order valence-corrected chi connectivity index (χ0v) is 4.83. The van der Waals surface area contributed by atoms with E-state index in [4.69, 9.17) is 0 Å². The molecule has 0 saturated heterocycles. The number of halogens is 2. The van der Waals surface area contributed by atoms with Gasteiger partial charge in [0.15, 0.2) is 0 Å². The Bertz CT molecular complexity index is 50.9. The smallest absolute Gasteiger partial charge is 0.0776 e. The van der Waals surface area contributed by atoms with Crippen LogP contribution >= 0.6 is 32.0 Å². The number of hydrogen-bond acceptors (Lipinski definition) is 3. The second-order valence-corrected chi connectivity index (χ2v) is 1.91. The lowest BCUT2D eigenvalue weighted by Gasteiger charge is -1.58. The molecule has 0 atom stereocenters. The van der Waals surface area contributed by atoms with Crippen LogP contribution in [0, 0.1) is 0 Å². The molecule has 0 aromatic heterocycles. The summed E-state index contributed by atoms with van der Waals surface area (Å²) in [6.07, 6.45) is 0. The first-order valence-electron chi connectivity index (χ1n) is 0.856. The van der Waals surface area contributed by atoms with Gasteiger partial charge in [-0.05, 0) is 0 Å². The third-order valence-corrected chi connectivity index (χ3v) is 1.01. The van der Waals surface area contributed by atoms with E-state index in [0.717, 1.165) is 0 Å². The first kappa shape index (κ1) is 10.6. The summed E-state index contributed by atoms with van der Waals surface area (Å²) in [7, 11) is -2.30.